The molecule has 7 heteroatoms. The van der Waals surface area contributed by atoms with Gasteiger partial charge in [0.15, 0.2) is 0 Å². The summed E-state index contributed by atoms with van der Waals surface area (Å²) in [7, 11) is 0. The van der Waals surface area contributed by atoms with Crippen molar-refractivity contribution in [2.75, 3.05) is 29.4 Å². The summed E-state index contributed by atoms with van der Waals surface area (Å²) in [6.45, 7) is 6.20. The third kappa shape index (κ3) is 4.09. The first kappa shape index (κ1) is 19.4. The summed E-state index contributed by atoms with van der Waals surface area (Å²) in [5.74, 6) is -0.198. The Morgan fingerprint density at radius 2 is 1.90 bits per heavy atom. The summed E-state index contributed by atoms with van der Waals surface area (Å²) in [4.78, 5) is 38.2. The fourth-order valence-corrected chi connectivity index (χ4v) is 4.11. The number of aryl methyl sites for hydroxylation is 2. The van der Waals surface area contributed by atoms with Crippen molar-refractivity contribution in [3.63, 3.8) is 0 Å². The summed E-state index contributed by atoms with van der Waals surface area (Å²) in [6, 6.07) is 7.79. The molecule has 29 heavy (non-hydrogen) atoms. The van der Waals surface area contributed by atoms with Crippen molar-refractivity contribution in [1.29, 1.82) is 0 Å². The van der Waals surface area contributed by atoms with E-state index < -0.39 is 5.92 Å². The molecule has 2 aromatic rings. The topological polar surface area (TPSA) is 78.4 Å². The Hall–Kier alpha value is -2.96. The molecule has 0 spiro atoms. The summed E-state index contributed by atoms with van der Waals surface area (Å²) in [5, 5.41) is 3.10. The monoisotopic (exact) mass is 393 g/mol. The first-order valence-electron chi connectivity index (χ1n) is 10.2. The van der Waals surface area contributed by atoms with Gasteiger partial charge in [0.05, 0.1) is 0 Å². The summed E-state index contributed by atoms with van der Waals surface area (Å²) in [5.41, 5.74) is 3.21. The number of benzene rings is 1. The molecule has 152 valence electrons. The predicted molar refractivity (Wildman–Crippen MR) is 112 cm³/mol. The molecule has 1 N–H and O–H groups in total. The molecule has 3 heterocycles. The number of piperidine rings is 1. The lowest BCUT2D eigenvalue weighted by atomic mass is 10.0. The number of carbonyl (C=O) groups excluding carboxylic acids is 2. The van der Waals surface area contributed by atoms with Gasteiger partial charge in [0.25, 0.3) is 0 Å². The molecule has 2 atom stereocenters. The van der Waals surface area contributed by atoms with E-state index in [4.69, 9.17) is 0 Å². The number of rotatable bonds is 4. The zero-order valence-electron chi connectivity index (χ0n) is 17.0. The zero-order valence-corrected chi connectivity index (χ0v) is 17.0. The number of nitrogens with one attached hydrogen (secondary N) is 1. The molecular formula is C22H27N5O2. The van der Waals surface area contributed by atoms with Crippen LogP contribution in [0.4, 0.5) is 11.6 Å². The van der Waals surface area contributed by atoms with Gasteiger partial charge in [-0.3, -0.25) is 9.59 Å². The molecular weight excluding hydrogens is 366 g/mol. The van der Waals surface area contributed by atoms with Crippen LogP contribution < -0.4 is 15.1 Å². The average molecular weight is 393 g/mol. The molecule has 2 fully saturated rings. The van der Waals surface area contributed by atoms with Crippen LogP contribution in [0.25, 0.3) is 0 Å². The number of anilines is 2. The first-order valence-corrected chi connectivity index (χ1v) is 10.2. The van der Waals surface area contributed by atoms with Gasteiger partial charge in [0, 0.05) is 43.8 Å². The second kappa shape index (κ2) is 8.19. The molecule has 0 saturated carbocycles. The highest BCUT2D eigenvalue weighted by molar-refractivity contribution is 6.09. The third-order valence-corrected chi connectivity index (χ3v) is 5.93. The Labute approximate surface area is 171 Å². The van der Waals surface area contributed by atoms with Gasteiger partial charge in [0.2, 0.25) is 17.8 Å². The molecule has 2 aliphatic rings. The number of amides is 2. The number of carbonyl (C=O) groups is 2. The molecule has 2 unspecified atom stereocenters. The summed E-state index contributed by atoms with van der Waals surface area (Å²) < 4.78 is 0. The Kier molecular flexibility index (Phi) is 5.47. The molecule has 7 nitrogen and oxygen atoms in total. The van der Waals surface area contributed by atoms with Crippen molar-refractivity contribution >= 4 is 23.5 Å². The van der Waals surface area contributed by atoms with Gasteiger partial charge in [-0.25, -0.2) is 9.97 Å². The highest BCUT2D eigenvalue weighted by Gasteiger charge is 2.38. The van der Waals surface area contributed by atoms with Gasteiger partial charge < -0.3 is 15.1 Å². The molecule has 2 aliphatic heterocycles. The average Bonchev–Trinajstić information content (AvgIpc) is 3.12. The smallest absolute Gasteiger partial charge is 0.239 e. The van der Waals surface area contributed by atoms with E-state index in [0.717, 1.165) is 30.6 Å². The standard InChI is InChI=1S/C22H27N5O2/c1-15-6-7-18(13-16(15)2)27-12-8-19(21(27)29)20(28)25-17-5-3-11-26(14-17)22-23-9-4-10-24-22/h4,6-7,9-10,13,17,19H,3,5,8,11-12,14H2,1-2H3,(H,25,28). The van der Waals surface area contributed by atoms with E-state index in [2.05, 4.69) is 27.1 Å². The van der Waals surface area contributed by atoms with E-state index >= 15 is 0 Å². The van der Waals surface area contributed by atoms with Gasteiger partial charge in [-0.15, -0.1) is 0 Å². The Bertz CT molecular complexity index is 901. The Morgan fingerprint density at radius 1 is 1.10 bits per heavy atom. The van der Waals surface area contributed by atoms with Crippen molar-refractivity contribution < 1.29 is 9.59 Å². The van der Waals surface area contributed by atoms with Gasteiger partial charge in [0.1, 0.15) is 5.92 Å². The van der Waals surface area contributed by atoms with Crippen molar-refractivity contribution in [3.8, 4) is 0 Å². The fourth-order valence-electron chi connectivity index (χ4n) is 4.11. The van der Waals surface area contributed by atoms with Crippen molar-refractivity contribution in [2.45, 2.75) is 39.2 Å². The van der Waals surface area contributed by atoms with Crippen LogP contribution in [-0.2, 0) is 9.59 Å². The van der Waals surface area contributed by atoms with E-state index in [1.807, 2.05) is 25.1 Å². The van der Waals surface area contributed by atoms with Crippen LogP contribution in [0.5, 0.6) is 0 Å². The molecule has 2 saturated heterocycles. The maximum Gasteiger partial charge on any atom is 0.239 e. The van der Waals surface area contributed by atoms with Gasteiger partial charge in [-0.2, -0.15) is 0 Å². The minimum absolute atomic E-state index is 0.00326. The van der Waals surface area contributed by atoms with Crippen LogP contribution in [-0.4, -0.2) is 47.5 Å². The predicted octanol–water partition coefficient (Wildman–Crippen LogP) is 2.23. The van der Waals surface area contributed by atoms with Crippen LogP contribution in [0, 0.1) is 19.8 Å². The fraction of sp³-hybridized carbons (Fsp3) is 0.455. The van der Waals surface area contributed by atoms with Crippen molar-refractivity contribution in [2.24, 2.45) is 5.92 Å². The zero-order chi connectivity index (χ0) is 20.4. The molecule has 0 bridgehead atoms. The number of aromatic nitrogens is 2. The highest BCUT2D eigenvalue weighted by atomic mass is 16.2. The van der Waals surface area contributed by atoms with E-state index in [9.17, 15) is 9.59 Å². The molecule has 0 radical (unpaired) electrons. The van der Waals surface area contributed by atoms with Crippen LogP contribution >= 0.6 is 0 Å². The summed E-state index contributed by atoms with van der Waals surface area (Å²) in [6.07, 6.45) is 5.86. The number of hydrogen-bond acceptors (Lipinski definition) is 5. The largest absolute Gasteiger partial charge is 0.351 e. The SMILES string of the molecule is Cc1ccc(N2CCC(C(=O)NC3CCCN(c4ncccn4)C3)C2=O)cc1C. The first-order chi connectivity index (χ1) is 14.0. The lowest BCUT2D eigenvalue weighted by Gasteiger charge is -2.33. The maximum atomic E-state index is 12.9. The third-order valence-electron chi connectivity index (χ3n) is 5.93. The van der Waals surface area contributed by atoms with Crippen molar-refractivity contribution in [3.05, 3.63) is 47.8 Å². The molecule has 1 aromatic heterocycles. The molecule has 1 aromatic carbocycles. The molecule has 4 rings (SSSR count). The van der Waals surface area contributed by atoms with Crippen LogP contribution in [0.15, 0.2) is 36.7 Å². The molecule has 0 aliphatic carbocycles. The minimum Gasteiger partial charge on any atom is -0.351 e. The second-order valence-electron chi connectivity index (χ2n) is 7.94. The van der Waals surface area contributed by atoms with Crippen LogP contribution in [0.3, 0.4) is 0 Å². The van der Waals surface area contributed by atoms with Gasteiger partial charge in [-0.05, 0) is 62.4 Å². The Balaban J connectivity index is 1.38. The van der Waals surface area contributed by atoms with Gasteiger partial charge >= 0.3 is 0 Å². The van der Waals surface area contributed by atoms with Crippen LogP contribution in [0.2, 0.25) is 0 Å². The lowest BCUT2D eigenvalue weighted by Crippen LogP contribution is -2.50. The van der Waals surface area contributed by atoms with E-state index in [-0.39, 0.29) is 17.9 Å². The van der Waals surface area contributed by atoms with Crippen molar-refractivity contribution in [1.82, 2.24) is 15.3 Å². The maximum absolute atomic E-state index is 12.9. The normalized spacial score (nSPS) is 22.1. The number of hydrogen-bond donors (Lipinski definition) is 1. The quantitative estimate of drug-likeness (QED) is 0.806. The minimum atomic E-state index is -0.611. The summed E-state index contributed by atoms with van der Waals surface area (Å²) >= 11 is 0. The van der Waals surface area contributed by atoms with Crippen LogP contribution in [0.1, 0.15) is 30.4 Å². The van der Waals surface area contributed by atoms with E-state index in [1.54, 1.807) is 23.4 Å². The molecule has 2 amide bonds. The van der Waals surface area contributed by atoms with E-state index in [0.29, 0.717) is 25.5 Å². The van der Waals surface area contributed by atoms with E-state index in [1.165, 1.54) is 5.56 Å². The lowest BCUT2D eigenvalue weighted by molar-refractivity contribution is -0.132. The highest BCUT2D eigenvalue weighted by Crippen LogP contribution is 2.27. The Morgan fingerprint density at radius 3 is 2.66 bits per heavy atom. The second-order valence-corrected chi connectivity index (χ2v) is 7.94. The van der Waals surface area contributed by atoms with Gasteiger partial charge in [-0.1, -0.05) is 6.07 Å². The number of nitrogens with zero attached hydrogens (tertiary/aromatic N) is 4.